The van der Waals surface area contributed by atoms with Crippen LogP contribution in [0.2, 0.25) is 0 Å². The Morgan fingerprint density at radius 1 is 1.09 bits per heavy atom. The molecule has 0 spiro atoms. The van der Waals surface area contributed by atoms with Crippen molar-refractivity contribution < 1.29 is 4.79 Å². The number of benzene rings is 1. The average Bonchev–Trinajstić information content (AvgIpc) is 2.53. The molecule has 0 saturated carbocycles. The summed E-state index contributed by atoms with van der Waals surface area (Å²) in [4.78, 5) is 16.5. The van der Waals surface area contributed by atoms with E-state index < -0.39 is 0 Å². The lowest BCUT2D eigenvalue weighted by molar-refractivity contribution is 0.102. The van der Waals surface area contributed by atoms with Gasteiger partial charge in [-0.1, -0.05) is 39.8 Å². The smallest absolute Gasteiger partial charge is 0.274 e. The summed E-state index contributed by atoms with van der Waals surface area (Å²) in [6.45, 7) is 9.47. The van der Waals surface area contributed by atoms with E-state index in [1.165, 1.54) is 5.56 Å². The quantitative estimate of drug-likeness (QED) is 0.857. The van der Waals surface area contributed by atoms with Crippen molar-refractivity contribution in [2.75, 3.05) is 17.2 Å². The van der Waals surface area contributed by atoms with Crippen molar-refractivity contribution in [2.45, 2.75) is 39.5 Å². The van der Waals surface area contributed by atoms with Crippen LogP contribution in [0.25, 0.3) is 0 Å². The van der Waals surface area contributed by atoms with E-state index in [2.05, 4.69) is 43.3 Å². The van der Waals surface area contributed by atoms with Crippen LogP contribution in [0.4, 0.5) is 11.4 Å². The molecule has 1 aromatic carbocycles. The molecule has 0 unspecified atom stereocenters. The van der Waals surface area contributed by atoms with Gasteiger partial charge in [-0.3, -0.25) is 9.78 Å². The summed E-state index contributed by atoms with van der Waals surface area (Å²) in [6, 6.07) is 11.6. The van der Waals surface area contributed by atoms with Gasteiger partial charge in [-0.25, -0.2) is 0 Å². The van der Waals surface area contributed by atoms with Gasteiger partial charge in [0.05, 0.1) is 0 Å². The number of hydrogen-bond donors (Lipinski definition) is 2. The molecule has 2 aromatic rings. The molecule has 4 nitrogen and oxygen atoms in total. The molecule has 0 atom stereocenters. The summed E-state index contributed by atoms with van der Waals surface area (Å²) in [5.74, 6) is -0.200. The molecule has 23 heavy (non-hydrogen) atoms. The Kier molecular flexibility index (Phi) is 5.37. The average molecular weight is 311 g/mol. The molecule has 122 valence electrons. The molecule has 0 saturated heterocycles. The van der Waals surface area contributed by atoms with Crippen LogP contribution in [0.15, 0.2) is 42.6 Å². The highest BCUT2D eigenvalue weighted by atomic mass is 16.1. The van der Waals surface area contributed by atoms with Crippen LogP contribution in [0.1, 0.15) is 50.2 Å². The molecule has 2 N–H and O–H groups in total. The highest BCUT2D eigenvalue weighted by molar-refractivity contribution is 6.03. The number of aromatic nitrogens is 1. The largest absolute Gasteiger partial charge is 0.385 e. The number of nitrogens with one attached hydrogen (secondary N) is 2. The normalized spacial score (nSPS) is 11.1. The third kappa shape index (κ3) is 4.81. The summed E-state index contributed by atoms with van der Waals surface area (Å²) in [7, 11) is 0. The summed E-state index contributed by atoms with van der Waals surface area (Å²) < 4.78 is 0. The third-order valence-electron chi connectivity index (χ3n) is 3.58. The number of carbonyl (C=O) groups is 1. The molecule has 2 rings (SSSR count). The zero-order valence-corrected chi connectivity index (χ0v) is 14.3. The summed E-state index contributed by atoms with van der Waals surface area (Å²) in [5, 5.41) is 6.15. The van der Waals surface area contributed by atoms with Gasteiger partial charge in [0, 0.05) is 24.1 Å². The molecule has 1 aromatic heterocycles. The minimum absolute atomic E-state index is 0.101. The van der Waals surface area contributed by atoms with Crippen molar-refractivity contribution >= 4 is 17.3 Å². The van der Waals surface area contributed by atoms with E-state index in [0.29, 0.717) is 5.69 Å². The van der Waals surface area contributed by atoms with E-state index in [-0.39, 0.29) is 11.3 Å². The van der Waals surface area contributed by atoms with Gasteiger partial charge in [0.2, 0.25) is 0 Å². The molecular formula is C19H25N3O. The van der Waals surface area contributed by atoms with Crippen molar-refractivity contribution in [2.24, 2.45) is 0 Å². The second-order valence-corrected chi connectivity index (χ2v) is 6.64. The van der Waals surface area contributed by atoms with E-state index in [4.69, 9.17) is 0 Å². The van der Waals surface area contributed by atoms with Crippen molar-refractivity contribution in [1.29, 1.82) is 0 Å². The third-order valence-corrected chi connectivity index (χ3v) is 3.58. The SMILES string of the molecule is CCCNc1ccnc(C(=O)Nc2ccc(C(C)(C)C)cc2)c1. The number of anilines is 2. The Bertz CT molecular complexity index is 657. The minimum atomic E-state index is -0.200. The molecule has 0 aliphatic carbocycles. The fraction of sp³-hybridized carbons (Fsp3) is 0.368. The molecule has 0 fully saturated rings. The molecule has 0 bridgehead atoms. The summed E-state index contributed by atoms with van der Waals surface area (Å²) in [6.07, 6.45) is 2.68. The molecular weight excluding hydrogens is 286 g/mol. The number of rotatable bonds is 5. The van der Waals surface area contributed by atoms with E-state index in [1.807, 2.05) is 30.3 Å². The second-order valence-electron chi connectivity index (χ2n) is 6.64. The lowest BCUT2D eigenvalue weighted by Crippen LogP contribution is -2.15. The van der Waals surface area contributed by atoms with Crippen molar-refractivity contribution in [1.82, 2.24) is 4.98 Å². The molecule has 0 aliphatic heterocycles. The first kappa shape index (κ1) is 17.0. The van der Waals surface area contributed by atoms with E-state index in [1.54, 1.807) is 12.3 Å². The maximum Gasteiger partial charge on any atom is 0.274 e. The monoisotopic (exact) mass is 311 g/mol. The van der Waals surface area contributed by atoms with Gasteiger partial charge in [0.15, 0.2) is 0 Å². The van der Waals surface area contributed by atoms with Crippen molar-refractivity contribution in [3.8, 4) is 0 Å². The highest BCUT2D eigenvalue weighted by Gasteiger charge is 2.14. The lowest BCUT2D eigenvalue weighted by atomic mass is 9.87. The van der Waals surface area contributed by atoms with Gasteiger partial charge in [-0.05, 0) is 41.7 Å². The number of pyridine rings is 1. The summed E-state index contributed by atoms with van der Waals surface area (Å²) in [5.41, 5.74) is 3.43. The lowest BCUT2D eigenvalue weighted by Gasteiger charge is -2.19. The van der Waals surface area contributed by atoms with E-state index >= 15 is 0 Å². The molecule has 4 heteroatoms. The van der Waals surface area contributed by atoms with Gasteiger partial charge < -0.3 is 10.6 Å². The Morgan fingerprint density at radius 2 is 1.78 bits per heavy atom. The van der Waals surface area contributed by atoms with Gasteiger partial charge >= 0.3 is 0 Å². The van der Waals surface area contributed by atoms with Gasteiger partial charge in [0.1, 0.15) is 5.69 Å². The van der Waals surface area contributed by atoms with Crippen molar-refractivity contribution in [3.05, 3.63) is 53.9 Å². The van der Waals surface area contributed by atoms with Crippen molar-refractivity contribution in [3.63, 3.8) is 0 Å². The number of carbonyl (C=O) groups excluding carboxylic acids is 1. The van der Waals surface area contributed by atoms with Gasteiger partial charge in [0.25, 0.3) is 5.91 Å². The maximum absolute atomic E-state index is 12.3. The van der Waals surface area contributed by atoms with Crippen LogP contribution in [0.5, 0.6) is 0 Å². The number of nitrogens with zero attached hydrogens (tertiary/aromatic N) is 1. The van der Waals surface area contributed by atoms with Crippen LogP contribution < -0.4 is 10.6 Å². The first-order chi connectivity index (χ1) is 10.9. The highest BCUT2D eigenvalue weighted by Crippen LogP contribution is 2.23. The van der Waals surface area contributed by atoms with Gasteiger partial charge in [-0.2, -0.15) is 0 Å². The van der Waals surface area contributed by atoms with Gasteiger partial charge in [-0.15, -0.1) is 0 Å². The summed E-state index contributed by atoms with van der Waals surface area (Å²) >= 11 is 0. The Labute approximate surface area is 138 Å². The first-order valence-corrected chi connectivity index (χ1v) is 8.02. The van der Waals surface area contributed by atoms with E-state index in [9.17, 15) is 4.79 Å². The van der Waals surface area contributed by atoms with Crippen LogP contribution in [0, 0.1) is 0 Å². The molecule has 0 radical (unpaired) electrons. The fourth-order valence-electron chi connectivity index (χ4n) is 2.18. The molecule has 1 heterocycles. The minimum Gasteiger partial charge on any atom is -0.385 e. The number of hydrogen-bond acceptors (Lipinski definition) is 3. The van der Waals surface area contributed by atoms with Crippen LogP contribution >= 0.6 is 0 Å². The topological polar surface area (TPSA) is 54.0 Å². The molecule has 1 amide bonds. The Morgan fingerprint density at radius 3 is 2.39 bits per heavy atom. The van der Waals surface area contributed by atoms with Crippen LogP contribution in [-0.2, 0) is 5.41 Å². The fourth-order valence-corrected chi connectivity index (χ4v) is 2.18. The zero-order valence-electron chi connectivity index (χ0n) is 14.3. The van der Waals surface area contributed by atoms with Crippen LogP contribution in [0.3, 0.4) is 0 Å². The predicted octanol–water partition coefficient (Wildman–Crippen LogP) is 4.45. The standard InChI is InChI=1S/C19H25N3O/c1-5-11-20-16-10-12-21-17(13-16)18(23)22-15-8-6-14(7-9-15)19(2,3)4/h6-10,12-13H,5,11H2,1-4H3,(H,20,21)(H,22,23). The predicted molar refractivity (Wildman–Crippen MR) is 96.1 cm³/mol. The maximum atomic E-state index is 12.3. The Hall–Kier alpha value is -2.36. The first-order valence-electron chi connectivity index (χ1n) is 8.02. The molecule has 0 aliphatic rings. The number of amides is 1. The Balaban J connectivity index is 2.07. The van der Waals surface area contributed by atoms with E-state index in [0.717, 1.165) is 24.3 Å². The second kappa shape index (κ2) is 7.27. The van der Waals surface area contributed by atoms with Crippen LogP contribution in [-0.4, -0.2) is 17.4 Å². The zero-order chi connectivity index (χ0) is 16.9.